The van der Waals surface area contributed by atoms with Crippen molar-refractivity contribution in [3.05, 3.63) is 103 Å². The van der Waals surface area contributed by atoms with Crippen molar-refractivity contribution in [1.29, 1.82) is 0 Å². The number of benzene rings is 2. The second-order valence-electron chi connectivity index (χ2n) is 6.86. The fourth-order valence-electron chi connectivity index (χ4n) is 3.44. The van der Waals surface area contributed by atoms with E-state index in [0.29, 0.717) is 20.6 Å². The van der Waals surface area contributed by atoms with Crippen LogP contribution in [0.25, 0.3) is 5.76 Å². The number of aromatic nitrogens is 1. The summed E-state index contributed by atoms with van der Waals surface area (Å²) in [7, 11) is 0. The Bertz CT molecular complexity index is 1260. The molecule has 2 aromatic carbocycles. The Morgan fingerprint density at radius 3 is 2.28 bits per heavy atom. The first-order valence-electron chi connectivity index (χ1n) is 9.21. The molecule has 4 rings (SSSR count). The number of nitro groups is 1. The zero-order valence-electron chi connectivity index (χ0n) is 16.1. The summed E-state index contributed by atoms with van der Waals surface area (Å²) in [4.78, 5) is 41.9. The lowest BCUT2D eigenvalue weighted by molar-refractivity contribution is -0.384. The molecule has 1 saturated heterocycles. The highest BCUT2D eigenvalue weighted by atomic mass is 79.9. The molecule has 1 N–H and O–H groups in total. The van der Waals surface area contributed by atoms with Gasteiger partial charge >= 0.3 is 5.91 Å². The molecule has 1 aliphatic rings. The van der Waals surface area contributed by atoms with E-state index in [0.717, 1.165) is 4.90 Å². The average molecular weight is 515 g/mol. The number of aliphatic hydroxyl groups excluding tert-OH is 1. The Morgan fingerprint density at radius 1 is 1.06 bits per heavy atom. The van der Waals surface area contributed by atoms with Crippen molar-refractivity contribution >= 4 is 56.5 Å². The van der Waals surface area contributed by atoms with E-state index in [4.69, 9.17) is 11.6 Å². The lowest BCUT2D eigenvalue weighted by Crippen LogP contribution is -2.30. The van der Waals surface area contributed by atoms with Crippen LogP contribution in [0.5, 0.6) is 0 Å². The molecule has 0 unspecified atom stereocenters. The highest BCUT2D eigenvalue weighted by Gasteiger charge is 2.47. The number of carbonyl (C=O) groups is 2. The molecule has 1 amide bonds. The molecular weight excluding hydrogens is 502 g/mol. The minimum absolute atomic E-state index is 0.148. The molecule has 1 aromatic heterocycles. The van der Waals surface area contributed by atoms with Gasteiger partial charge in [0.15, 0.2) is 0 Å². The Balaban J connectivity index is 1.92. The molecule has 8 nitrogen and oxygen atoms in total. The number of carbonyl (C=O) groups excluding carboxylic acids is 2. The van der Waals surface area contributed by atoms with Gasteiger partial charge in [-0.1, -0.05) is 11.6 Å². The number of non-ortho nitro benzene ring substituents is 1. The van der Waals surface area contributed by atoms with E-state index < -0.39 is 22.7 Å². The smallest absolute Gasteiger partial charge is 0.301 e. The summed E-state index contributed by atoms with van der Waals surface area (Å²) >= 11 is 9.19. The summed E-state index contributed by atoms with van der Waals surface area (Å²) in [5.74, 6) is -1.97. The number of Topliss-reactive ketones (excluding diaryl/α,β-unsaturated/α-hetero) is 1. The largest absolute Gasteiger partial charge is 0.507 e. The van der Waals surface area contributed by atoms with Crippen LogP contribution in [0.1, 0.15) is 17.2 Å². The Labute approximate surface area is 195 Å². The molecule has 0 aliphatic carbocycles. The van der Waals surface area contributed by atoms with Crippen LogP contribution >= 0.6 is 27.5 Å². The Kier molecular flexibility index (Phi) is 5.77. The summed E-state index contributed by atoms with van der Waals surface area (Å²) in [5.41, 5.74) is 0.388. The minimum Gasteiger partial charge on any atom is -0.507 e. The SMILES string of the molecule is O=C1C(=O)N(c2ccc(Br)cn2)[C@H](c2ccc([N+](=O)[O-])cc2)C1=C(O)c1ccc(Cl)cc1. The number of aliphatic hydroxyl groups is 1. The number of amides is 1. The van der Waals surface area contributed by atoms with E-state index in [-0.39, 0.29) is 22.8 Å². The predicted octanol–water partition coefficient (Wildman–Crippen LogP) is 5.03. The first-order chi connectivity index (χ1) is 15.3. The van der Waals surface area contributed by atoms with Gasteiger partial charge in [0.05, 0.1) is 16.5 Å². The van der Waals surface area contributed by atoms with Crippen molar-refractivity contribution in [3.63, 3.8) is 0 Å². The van der Waals surface area contributed by atoms with Gasteiger partial charge in [0.25, 0.3) is 11.5 Å². The molecule has 0 spiro atoms. The zero-order chi connectivity index (χ0) is 23.0. The molecule has 0 saturated carbocycles. The number of nitrogens with zero attached hydrogens (tertiary/aromatic N) is 3. The molecule has 2 heterocycles. The summed E-state index contributed by atoms with van der Waals surface area (Å²) < 4.78 is 0.672. The van der Waals surface area contributed by atoms with Crippen LogP contribution in [0.3, 0.4) is 0 Å². The summed E-state index contributed by atoms with van der Waals surface area (Å²) in [5, 5.41) is 22.5. The molecule has 1 aliphatic heterocycles. The number of halogens is 2. The third-order valence-corrected chi connectivity index (χ3v) is 5.66. The van der Waals surface area contributed by atoms with Gasteiger partial charge in [-0.2, -0.15) is 0 Å². The summed E-state index contributed by atoms with van der Waals surface area (Å²) in [6.07, 6.45) is 1.47. The second-order valence-corrected chi connectivity index (χ2v) is 8.21. The quantitative estimate of drug-likeness (QED) is 0.172. The van der Waals surface area contributed by atoms with E-state index in [1.165, 1.54) is 42.6 Å². The first-order valence-corrected chi connectivity index (χ1v) is 10.4. The molecular formula is C22H13BrClN3O5. The lowest BCUT2D eigenvalue weighted by Gasteiger charge is -2.24. The number of anilines is 1. The maximum absolute atomic E-state index is 13.0. The number of rotatable bonds is 4. The van der Waals surface area contributed by atoms with Crippen molar-refractivity contribution in [3.8, 4) is 0 Å². The minimum atomic E-state index is -1.04. The molecule has 32 heavy (non-hydrogen) atoms. The first kappa shape index (κ1) is 21.7. The van der Waals surface area contributed by atoms with Gasteiger partial charge in [-0.25, -0.2) is 4.98 Å². The summed E-state index contributed by atoms with van der Waals surface area (Å²) in [6, 6.07) is 13.7. The molecule has 0 radical (unpaired) electrons. The topological polar surface area (TPSA) is 114 Å². The maximum atomic E-state index is 13.0. The fourth-order valence-corrected chi connectivity index (χ4v) is 3.80. The lowest BCUT2D eigenvalue weighted by atomic mass is 9.95. The van der Waals surface area contributed by atoms with Crippen LogP contribution in [0.4, 0.5) is 11.5 Å². The van der Waals surface area contributed by atoms with E-state index >= 15 is 0 Å². The van der Waals surface area contributed by atoms with Crippen molar-refractivity contribution in [2.75, 3.05) is 4.90 Å². The van der Waals surface area contributed by atoms with Gasteiger partial charge < -0.3 is 5.11 Å². The molecule has 3 aromatic rings. The van der Waals surface area contributed by atoms with Gasteiger partial charge in [-0.3, -0.25) is 24.6 Å². The van der Waals surface area contributed by atoms with Crippen molar-refractivity contribution in [1.82, 2.24) is 4.98 Å². The van der Waals surface area contributed by atoms with Crippen LogP contribution in [0.2, 0.25) is 5.02 Å². The average Bonchev–Trinajstić information content (AvgIpc) is 3.05. The molecule has 0 bridgehead atoms. The van der Waals surface area contributed by atoms with E-state index in [9.17, 15) is 24.8 Å². The van der Waals surface area contributed by atoms with Crippen LogP contribution in [-0.4, -0.2) is 26.7 Å². The maximum Gasteiger partial charge on any atom is 0.301 e. The third-order valence-electron chi connectivity index (χ3n) is 4.94. The number of pyridine rings is 1. The van der Waals surface area contributed by atoms with Crippen LogP contribution in [-0.2, 0) is 9.59 Å². The van der Waals surface area contributed by atoms with Crippen molar-refractivity contribution < 1.29 is 19.6 Å². The molecule has 1 atom stereocenters. The summed E-state index contributed by atoms with van der Waals surface area (Å²) in [6.45, 7) is 0. The van der Waals surface area contributed by atoms with Crippen molar-refractivity contribution in [2.45, 2.75) is 6.04 Å². The van der Waals surface area contributed by atoms with Gasteiger partial charge in [0, 0.05) is 33.4 Å². The molecule has 1 fully saturated rings. The Morgan fingerprint density at radius 2 is 1.72 bits per heavy atom. The van der Waals surface area contributed by atoms with E-state index in [1.807, 2.05) is 0 Å². The van der Waals surface area contributed by atoms with Gasteiger partial charge in [0.1, 0.15) is 11.6 Å². The third kappa shape index (κ3) is 3.88. The zero-order valence-corrected chi connectivity index (χ0v) is 18.4. The van der Waals surface area contributed by atoms with Crippen LogP contribution in [0.15, 0.2) is 76.9 Å². The van der Waals surface area contributed by atoms with Gasteiger partial charge in [-0.05, 0) is 70.0 Å². The highest BCUT2D eigenvalue weighted by molar-refractivity contribution is 9.10. The van der Waals surface area contributed by atoms with Gasteiger partial charge in [0.2, 0.25) is 0 Å². The second kappa shape index (κ2) is 8.52. The Hall–Kier alpha value is -3.56. The van der Waals surface area contributed by atoms with E-state index in [1.54, 1.807) is 24.3 Å². The number of ketones is 1. The fraction of sp³-hybridized carbons (Fsp3) is 0.0455. The highest BCUT2D eigenvalue weighted by Crippen LogP contribution is 2.42. The van der Waals surface area contributed by atoms with Crippen LogP contribution in [0, 0.1) is 10.1 Å². The number of nitro benzene ring substituents is 1. The van der Waals surface area contributed by atoms with E-state index in [2.05, 4.69) is 20.9 Å². The van der Waals surface area contributed by atoms with Crippen molar-refractivity contribution in [2.24, 2.45) is 0 Å². The van der Waals surface area contributed by atoms with Gasteiger partial charge in [-0.15, -0.1) is 0 Å². The monoisotopic (exact) mass is 513 g/mol. The van der Waals surface area contributed by atoms with Crippen LogP contribution < -0.4 is 4.90 Å². The number of hydrogen-bond acceptors (Lipinski definition) is 6. The predicted molar refractivity (Wildman–Crippen MR) is 121 cm³/mol. The standard InChI is InChI=1S/C22H13BrClN3O5/c23-14-5-10-17(25-11-14)26-19(12-3-8-16(9-4-12)27(31)32)18(21(29)22(26)30)20(28)13-1-6-15(24)7-2-13/h1-11,19,28H/t19-/m1/s1. The normalized spacial score (nSPS) is 17.6. The molecule has 10 heteroatoms. The number of hydrogen-bond donors (Lipinski definition) is 1. The molecule has 160 valence electrons.